The molecule has 1 aliphatic carbocycles. The first-order valence-electron chi connectivity index (χ1n) is 13.6. The van der Waals surface area contributed by atoms with Crippen LogP contribution in [0.15, 0.2) is 46.9 Å². The van der Waals surface area contributed by atoms with E-state index in [4.69, 9.17) is 19.0 Å². The molecule has 0 saturated heterocycles. The van der Waals surface area contributed by atoms with Crippen molar-refractivity contribution in [1.82, 2.24) is 10.2 Å². The zero-order chi connectivity index (χ0) is 30.5. The van der Waals surface area contributed by atoms with E-state index < -0.39 is 40.8 Å². The van der Waals surface area contributed by atoms with Crippen molar-refractivity contribution < 1.29 is 45.7 Å². The summed E-state index contributed by atoms with van der Waals surface area (Å²) in [5, 5.41) is 16.3. The molecular weight excluding hydrogens is 575 g/mol. The molecule has 3 aromatic carbocycles. The van der Waals surface area contributed by atoms with Gasteiger partial charge in [0.1, 0.15) is 28.7 Å². The van der Waals surface area contributed by atoms with Crippen LogP contribution in [0.3, 0.4) is 0 Å². The van der Waals surface area contributed by atoms with Gasteiger partial charge in [0.15, 0.2) is 0 Å². The first-order valence-corrected chi connectivity index (χ1v) is 13.6. The number of halogens is 5. The lowest BCUT2D eigenvalue weighted by molar-refractivity contribution is -0.138. The van der Waals surface area contributed by atoms with Crippen LogP contribution in [0.2, 0.25) is 0 Å². The monoisotopic (exact) mass is 600 g/mol. The number of rotatable bonds is 8. The number of carboxylic acid groups (broad SMARTS) is 1. The van der Waals surface area contributed by atoms with Crippen LogP contribution in [0.1, 0.15) is 59.2 Å². The number of fused-ring (bicyclic) bond motifs is 2. The Labute approximate surface area is 242 Å². The van der Waals surface area contributed by atoms with Crippen LogP contribution in [0.25, 0.3) is 22.6 Å². The van der Waals surface area contributed by atoms with Gasteiger partial charge in [0.2, 0.25) is 5.89 Å². The Morgan fingerprint density at radius 1 is 1.02 bits per heavy atom. The predicted molar refractivity (Wildman–Crippen MR) is 143 cm³/mol. The second-order valence-electron chi connectivity index (χ2n) is 10.7. The molecule has 0 fully saturated rings. The van der Waals surface area contributed by atoms with Gasteiger partial charge >= 0.3 is 12.1 Å². The molecule has 0 bridgehead atoms. The zero-order valence-electron chi connectivity index (χ0n) is 22.8. The molecule has 2 heterocycles. The molecule has 2 atom stereocenters. The van der Waals surface area contributed by atoms with E-state index in [-0.39, 0.29) is 48.5 Å². The minimum absolute atomic E-state index is 0.0336. The average molecular weight is 601 g/mol. The van der Waals surface area contributed by atoms with Gasteiger partial charge in [-0.3, -0.25) is 4.79 Å². The molecule has 12 heteroatoms. The number of carbonyl (C=O) groups is 1. The van der Waals surface area contributed by atoms with Gasteiger partial charge in [0.05, 0.1) is 25.2 Å². The first-order chi connectivity index (χ1) is 20.5. The Balaban J connectivity index is 1.24. The maximum absolute atomic E-state index is 15.1. The Kier molecular flexibility index (Phi) is 7.31. The normalized spacial score (nSPS) is 17.4. The molecule has 0 radical (unpaired) electrons. The Morgan fingerprint density at radius 3 is 2.44 bits per heavy atom. The third-order valence-corrected chi connectivity index (χ3v) is 7.93. The van der Waals surface area contributed by atoms with Gasteiger partial charge < -0.3 is 19.0 Å². The predicted octanol–water partition coefficient (Wildman–Crippen LogP) is 7.46. The van der Waals surface area contributed by atoms with E-state index in [1.807, 2.05) is 0 Å². The number of hydrogen-bond donors (Lipinski definition) is 1. The number of aryl methyl sites for hydroxylation is 1. The molecule has 43 heavy (non-hydrogen) atoms. The summed E-state index contributed by atoms with van der Waals surface area (Å²) in [5.41, 5.74) is -0.159. The summed E-state index contributed by atoms with van der Waals surface area (Å²) in [6.07, 6.45) is -3.45. The number of nitrogens with zero attached hydrogens (tertiary/aromatic N) is 2. The second kappa shape index (κ2) is 11.0. The van der Waals surface area contributed by atoms with Crippen molar-refractivity contribution in [2.75, 3.05) is 13.2 Å². The highest BCUT2D eigenvalue weighted by molar-refractivity contribution is 5.76. The summed E-state index contributed by atoms with van der Waals surface area (Å²) in [4.78, 5) is 11.1. The van der Waals surface area contributed by atoms with E-state index in [1.165, 1.54) is 13.0 Å². The number of aliphatic carboxylic acids is 1. The van der Waals surface area contributed by atoms with Crippen LogP contribution < -0.4 is 9.47 Å². The lowest BCUT2D eigenvalue weighted by Crippen LogP contribution is -2.10. The van der Waals surface area contributed by atoms with Crippen LogP contribution in [0, 0.1) is 18.6 Å². The lowest BCUT2D eigenvalue weighted by Gasteiger charge is -2.19. The van der Waals surface area contributed by atoms with E-state index in [0.717, 1.165) is 23.8 Å². The summed E-state index contributed by atoms with van der Waals surface area (Å²) in [6.45, 7) is 1.99. The Morgan fingerprint density at radius 2 is 1.77 bits per heavy atom. The number of hydrogen-bond acceptors (Lipinski definition) is 6. The summed E-state index contributed by atoms with van der Waals surface area (Å²) in [5.74, 6) is -2.70. The highest BCUT2D eigenvalue weighted by atomic mass is 19.4. The molecule has 1 N–H and O–H groups in total. The smallest absolute Gasteiger partial charge is 0.417 e. The molecule has 6 rings (SSSR count). The molecule has 1 aliphatic heterocycles. The van der Waals surface area contributed by atoms with Gasteiger partial charge in [0, 0.05) is 24.5 Å². The van der Waals surface area contributed by atoms with Crippen molar-refractivity contribution in [3.8, 4) is 34.1 Å². The second-order valence-corrected chi connectivity index (χ2v) is 10.7. The van der Waals surface area contributed by atoms with Gasteiger partial charge in [-0.1, -0.05) is 12.1 Å². The number of benzene rings is 3. The fourth-order valence-corrected chi connectivity index (χ4v) is 6.02. The maximum Gasteiger partial charge on any atom is 0.417 e. The number of alkyl halides is 3. The van der Waals surface area contributed by atoms with Crippen molar-refractivity contribution in [3.63, 3.8) is 0 Å². The number of ether oxygens (including phenoxy) is 2. The largest absolute Gasteiger partial charge is 0.493 e. The van der Waals surface area contributed by atoms with Gasteiger partial charge in [-0.05, 0) is 71.7 Å². The van der Waals surface area contributed by atoms with Crippen molar-refractivity contribution in [2.24, 2.45) is 0 Å². The van der Waals surface area contributed by atoms with Crippen LogP contribution >= 0.6 is 0 Å². The molecule has 1 aromatic heterocycles. The fraction of sp³-hybridized carbons (Fsp3) is 0.323. The number of carboxylic acids is 1. The van der Waals surface area contributed by atoms with Crippen molar-refractivity contribution >= 4 is 5.97 Å². The highest BCUT2D eigenvalue weighted by Gasteiger charge is 2.38. The molecule has 0 saturated carbocycles. The van der Waals surface area contributed by atoms with Crippen molar-refractivity contribution in [3.05, 3.63) is 82.2 Å². The Hall–Kier alpha value is -4.48. The standard InChI is InChI=1S/C31H25F5N2O5/c1-15-37-38-30(43-15)29-24(32)10-17(11-25(29)33)28-22-4-2-16(20(22)6-7-23(28)31(34,35)36)8-9-41-19-3-5-21-18(12-27(39)40)14-42-26(21)13-19/h3,5-7,10-11,13,16,18H,2,4,8-9,12,14H2,1H3,(H,39,40). The van der Waals surface area contributed by atoms with Crippen LogP contribution in [-0.4, -0.2) is 34.5 Å². The molecular formula is C31H25F5N2O5. The topological polar surface area (TPSA) is 94.7 Å². The van der Waals surface area contributed by atoms with Crippen LogP contribution in [-0.2, 0) is 17.4 Å². The molecule has 4 aromatic rings. The van der Waals surface area contributed by atoms with Gasteiger partial charge in [-0.2, -0.15) is 13.2 Å². The zero-order valence-corrected chi connectivity index (χ0v) is 22.8. The van der Waals surface area contributed by atoms with Gasteiger partial charge in [0.25, 0.3) is 5.89 Å². The van der Waals surface area contributed by atoms with E-state index in [0.29, 0.717) is 41.9 Å². The average Bonchev–Trinajstić information content (AvgIpc) is 3.66. The van der Waals surface area contributed by atoms with Crippen LogP contribution in [0.5, 0.6) is 11.5 Å². The summed E-state index contributed by atoms with van der Waals surface area (Å²) in [7, 11) is 0. The summed E-state index contributed by atoms with van der Waals surface area (Å²) < 4.78 is 89.4. The molecule has 7 nitrogen and oxygen atoms in total. The molecule has 0 amide bonds. The lowest BCUT2D eigenvalue weighted by atomic mass is 9.89. The quantitative estimate of drug-likeness (QED) is 0.210. The maximum atomic E-state index is 15.1. The summed E-state index contributed by atoms with van der Waals surface area (Å²) >= 11 is 0. The van der Waals surface area contributed by atoms with Crippen molar-refractivity contribution in [1.29, 1.82) is 0 Å². The van der Waals surface area contributed by atoms with Crippen LogP contribution in [0.4, 0.5) is 22.0 Å². The third-order valence-electron chi connectivity index (χ3n) is 7.93. The minimum Gasteiger partial charge on any atom is -0.493 e. The van der Waals surface area contributed by atoms with E-state index in [1.54, 1.807) is 18.2 Å². The van der Waals surface area contributed by atoms with Crippen molar-refractivity contribution in [2.45, 2.75) is 50.6 Å². The fourth-order valence-electron chi connectivity index (χ4n) is 6.02. The summed E-state index contributed by atoms with van der Waals surface area (Å²) in [6, 6.07) is 9.37. The molecule has 224 valence electrons. The Bertz CT molecular complexity index is 1690. The number of aromatic nitrogens is 2. The highest BCUT2D eigenvalue weighted by Crippen LogP contribution is 2.47. The molecule has 0 spiro atoms. The molecule has 2 unspecified atom stereocenters. The first kappa shape index (κ1) is 28.6. The minimum atomic E-state index is -4.75. The van der Waals surface area contributed by atoms with Gasteiger partial charge in [-0.15, -0.1) is 10.2 Å². The molecule has 2 aliphatic rings. The van der Waals surface area contributed by atoms with E-state index in [2.05, 4.69) is 10.2 Å². The van der Waals surface area contributed by atoms with E-state index >= 15 is 8.78 Å². The van der Waals surface area contributed by atoms with E-state index in [9.17, 15) is 18.0 Å². The SMILES string of the molecule is Cc1nnc(-c2c(F)cc(-c3c(C(F)(F)F)ccc4c3CCC4CCOc3ccc4c(c3)OCC4CC(=O)O)cc2F)o1. The third kappa shape index (κ3) is 5.53. The van der Waals surface area contributed by atoms with Gasteiger partial charge in [-0.25, -0.2) is 8.78 Å².